The predicted octanol–water partition coefficient (Wildman–Crippen LogP) is 4.58. The third-order valence-corrected chi connectivity index (χ3v) is 7.01. The smallest absolute Gasteiger partial charge is 0.254 e. The molecule has 6 heteroatoms. The molecule has 2 aliphatic heterocycles. The van der Waals surface area contributed by atoms with Gasteiger partial charge in [0.25, 0.3) is 5.91 Å². The molecule has 0 N–H and O–H groups in total. The van der Waals surface area contributed by atoms with Gasteiger partial charge in [0.05, 0.1) is 12.0 Å². The van der Waals surface area contributed by atoms with Crippen LogP contribution in [-0.4, -0.2) is 65.8 Å². The van der Waals surface area contributed by atoms with Crippen LogP contribution in [0.2, 0.25) is 5.02 Å². The number of carbonyl (C=O) groups excluding carboxylic acids is 2. The Morgan fingerprint density at radius 1 is 1.03 bits per heavy atom. The number of hydrogen-bond acceptors (Lipinski definition) is 3. The van der Waals surface area contributed by atoms with E-state index in [1.54, 1.807) is 0 Å². The quantitative estimate of drug-likeness (QED) is 0.642. The van der Waals surface area contributed by atoms with Crippen LogP contribution < -0.4 is 0 Å². The van der Waals surface area contributed by atoms with Crippen molar-refractivity contribution in [2.75, 3.05) is 39.3 Å². The fourth-order valence-electron chi connectivity index (χ4n) is 4.98. The molecule has 0 spiro atoms. The van der Waals surface area contributed by atoms with Crippen molar-refractivity contribution in [2.45, 2.75) is 38.6 Å². The summed E-state index contributed by atoms with van der Waals surface area (Å²) in [5, 5.41) is 0.618. The molecule has 2 heterocycles. The zero-order valence-electron chi connectivity index (χ0n) is 19.0. The van der Waals surface area contributed by atoms with Gasteiger partial charge in [0.2, 0.25) is 5.91 Å². The van der Waals surface area contributed by atoms with Crippen molar-refractivity contribution in [2.24, 2.45) is 0 Å². The minimum atomic E-state index is -0.438. The first-order chi connectivity index (χ1) is 15.5. The van der Waals surface area contributed by atoms with E-state index in [1.165, 1.54) is 0 Å². The van der Waals surface area contributed by atoms with Crippen LogP contribution in [0.25, 0.3) is 0 Å². The first kappa shape index (κ1) is 22.8. The number of hydrogen-bond donors (Lipinski definition) is 0. The van der Waals surface area contributed by atoms with Gasteiger partial charge in [-0.1, -0.05) is 62.2 Å². The Hall–Kier alpha value is -2.37. The summed E-state index contributed by atoms with van der Waals surface area (Å²) in [5.41, 5.74) is 2.40. The molecular formula is C26H32ClN3O2. The van der Waals surface area contributed by atoms with E-state index in [0.29, 0.717) is 17.1 Å². The lowest BCUT2D eigenvalue weighted by molar-refractivity contribution is -0.136. The van der Waals surface area contributed by atoms with Crippen LogP contribution in [0.15, 0.2) is 48.5 Å². The number of carbonyl (C=O) groups is 2. The molecule has 0 aromatic heterocycles. The van der Waals surface area contributed by atoms with Crippen LogP contribution in [0.3, 0.4) is 0 Å². The summed E-state index contributed by atoms with van der Waals surface area (Å²) in [5.74, 6) is -0.335. The summed E-state index contributed by atoms with van der Waals surface area (Å²) in [4.78, 5) is 33.9. The Kier molecular flexibility index (Phi) is 7.17. The van der Waals surface area contributed by atoms with E-state index in [-0.39, 0.29) is 17.9 Å². The molecule has 2 amide bonds. The van der Waals surface area contributed by atoms with Crippen LogP contribution in [0.1, 0.15) is 60.1 Å². The van der Waals surface area contributed by atoms with E-state index >= 15 is 0 Å². The molecule has 5 nitrogen and oxygen atoms in total. The van der Waals surface area contributed by atoms with Crippen LogP contribution in [0.4, 0.5) is 0 Å². The maximum absolute atomic E-state index is 14.0. The number of likely N-dealkylation sites (N-methyl/N-ethyl adjacent to an activating group) is 1. The van der Waals surface area contributed by atoms with Crippen LogP contribution in [0, 0.1) is 0 Å². The molecule has 0 radical (unpaired) electrons. The average molecular weight is 454 g/mol. The van der Waals surface area contributed by atoms with Gasteiger partial charge in [-0.05, 0) is 42.3 Å². The van der Waals surface area contributed by atoms with Crippen LogP contribution in [0.5, 0.6) is 0 Å². The highest BCUT2D eigenvalue weighted by atomic mass is 35.5. The number of nitrogens with zero attached hydrogens (tertiary/aromatic N) is 3. The number of unbranched alkanes of at least 4 members (excludes halogenated alkanes) is 1. The lowest BCUT2D eigenvalue weighted by Crippen LogP contribution is -2.53. The average Bonchev–Trinajstić information content (AvgIpc) is 2.83. The highest BCUT2D eigenvalue weighted by molar-refractivity contribution is 6.30. The largest absolute Gasteiger partial charge is 0.340 e. The van der Waals surface area contributed by atoms with Gasteiger partial charge in [-0.15, -0.1) is 0 Å². The minimum absolute atomic E-state index is 0.00104. The van der Waals surface area contributed by atoms with Crippen molar-refractivity contribution < 1.29 is 9.59 Å². The highest BCUT2D eigenvalue weighted by Gasteiger charge is 2.45. The third-order valence-electron chi connectivity index (χ3n) is 6.78. The maximum Gasteiger partial charge on any atom is 0.254 e. The molecule has 2 atom stereocenters. The second kappa shape index (κ2) is 10.1. The number of fused-ring (bicyclic) bond motifs is 1. The first-order valence-corrected chi connectivity index (χ1v) is 12.1. The van der Waals surface area contributed by atoms with Crippen molar-refractivity contribution in [3.05, 3.63) is 70.2 Å². The number of benzene rings is 2. The monoisotopic (exact) mass is 453 g/mol. The molecule has 2 aliphatic rings. The summed E-state index contributed by atoms with van der Waals surface area (Å²) in [6.07, 6.45) is 1.87. The minimum Gasteiger partial charge on any atom is -0.340 e. The van der Waals surface area contributed by atoms with Crippen LogP contribution >= 0.6 is 11.6 Å². The molecule has 2 aromatic carbocycles. The molecule has 2 unspecified atom stereocenters. The van der Waals surface area contributed by atoms with Gasteiger partial charge in [0, 0.05) is 43.3 Å². The van der Waals surface area contributed by atoms with Crippen molar-refractivity contribution >= 4 is 23.4 Å². The topological polar surface area (TPSA) is 43.9 Å². The van der Waals surface area contributed by atoms with Gasteiger partial charge in [0.1, 0.15) is 0 Å². The molecule has 1 fully saturated rings. The van der Waals surface area contributed by atoms with Gasteiger partial charge in [-0.2, -0.15) is 0 Å². The molecule has 32 heavy (non-hydrogen) atoms. The molecule has 170 valence electrons. The number of halogens is 1. The number of rotatable bonds is 6. The van der Waals surface area contributed by atoms with Gasteiger partial charge in [-0.25, -0.2) is 0 Å². The maximum atomic E-state index is 14.0. The molecule has 0 aliphatic carbocycles. The standard InChI is InChI=1S/C26H32ClN3O2/c1-3-5-13-30-24(19-9-8-10-20(27)18-19)23(21-11-6-7-12-22(21)25(30)31)26(32)29-16-14-28(4-2)15-17-29/h6-12,18,23-24H,3-5,13-17H2,1-2H3. The Morgan fingerprint density at radius 2 is 1.78 bits per heavy atom. The normalized spacial score (nSPS) is 21.5. The molecule has 0 bridgehead atoms. The second-order valence-electron chi connectivity index (χ2n) is 8.68. The fraction of sp³-hybridized carbons (Fsp3) is 0.462. The predicted molar refractivity (Wildman–Crippen MR) is 128 cm³/mol. The van der Waals surface area contributed by atoms with Crippen molar-refractivity contribution in [3.63, 3.8) is 0 Å². The van der Waals surface area contributed by atoms with E-state index in [0.717, 1.165) is 56.7 Å². The van der Waals surface area contributed by atoms with E-state index in [1.807, 2.05) is 58.3 Å². The molecule has 4 rings (SSSR count). The van der Waals surface area contributed by atoms with Crippen molar-refractivity contribution in [3.8, 4) is 0 Å². The third kappa shape index (κ3) is 4.41. The fourth-order valence-corrected chi connectivity index (χ4v) is 5.17. The number of amides is 2. The lowest BCUT2D eigenvalue weighted by Gasteiger charge is -2.44. The molecule has 2 aromatic rings. The van der Waals surface area contributed by atoms with E-state index in [2.05, 4.69) is 18.7 Å². The molecule has 0 saturated carbocycles. The highest BCUT2D eigenvalue weighted by Crippen LogP contribution is 2.44. The Bertz CT molecular complexity index is 971. The van der Waals surface area contributed by atoms with Gasteiger partial charge >= 0.3 is 0 Å². The first-order valence-electron chi connectivity index (χ1n) is 11.7. The Balaban J connectivity index is 1.79. The SMILES string of the molecule is CCCCN1C(=O)c2ccccc2C(C(=O)N2CCN(CC)CC2)C1c1cccc(Cl)c1. The summed E-state index contributed by atoms with van der Waals surface area (Å²) in [6, 6.07) is 14.9. The van der Waals surface area contributed by atoms with Gasteiger partial charge < -0.3 is 14.7 Å². The Morgan fingerprint density at radius 3 is 2.47 bits per heavy atom. The van der Waals surface area contributed by atoms with Crippen molar-refractivity contribution in [1.82, 2.24) is 14.7 Å². The summed E-state index contributed by atoms with van der Waals surface area (Å²) >= 11 is 6.36. The summed E-state index contributed by atoms with van der Waals surface area (Å²) < 4.78 is 0. The van der Waals surface area contributed by atoms with Crippen molar-refractivity contribution in [1.29, 1.82) is 0 Å². The second-order valence-corrected chi connectivity index (χ2v) is 9.11. The number of piperazine rings is 1. The summed E-state index contributed by atoms with van der Waals surface area (Å²) in [6.45, 7) is 9.10. The van der Waals surface area contributed by atoms with E-state index < -0.39 is 5.92 Å². The molecule has 1 saturated heterocycles. The van der Waals surface area contributed by atoms with Gasteiger partial charge in [-0.3, -0.25) is 9.59 Å². The molecular weight excluding hydrogens is 422 g/mol. The van der Waals surface area contributed by atoms with Crippen LogP contribution in [-0.2, 0) is 4.79 Å². The lowest BCUT2D eigenvalue weighted by atomic mass is 9.78. The zero-order valence-corrected chi connectivity index (χ0v) is 19.7. The van der Waals surface area contributed by atoms with E-state index in [9.17, 15) is 9.59 Å². The summed E-state index contributed by atoms with van der Waals surface area (Å²) in [7, 11) is 0. The van der Waals surface area contributed by atoms with E-state index in [4.69, 9.17) is 11.6 Å². The van der Waals surface area contributed by atoms with Gasteiger partial charge in [0.15, 0.2) is 0 Å². The Labute approximate surface area is 195 Å². The zero-order chi connectivity index (χ0) is 22.7.